The summed E-state index contributed by atoms with van der Waals surface area (Å²) in [5.74, 6) is -0.543. The van der Waals surface area contributed by atoms with Gasteiger partial charge in [-0.1, -0.05) is 0 Å². The number of anilines is 1. The van der Waals surface area contributed by atoms with E-state index >= 15 is 0 Å². The quantitative estimate of drug-likeness (QED) is 0.633. The van der Waals surface area contributed by atoms with E-state index in [1.54, 1.807) is 12.1 Å². The van der Waals surface area contributed by atoms with Crippen LogP contribution in [0, 0.1) is 0 Å². The van der Waals surface area contributed by atoms with E-state index in [9.17, 15) is 9.59 Å². The lowest BCUT2D eigenvalue weighted by atomic mass is 10.1. The van der Waals surface area contributed by atoms with Gasteiger partial charge in [0.05, 0.1) is 12.7 Å². The Labute approximate surface area is 116 Å². The van der Waals surface area contributed by atoms with Crippen LogP contribution in [0.15, 0.2) is 33.5 Å². The first-order valence-corrected chi connectivity index (χ1v) is 6.51. The highest BCUT2D eigenvalue weighted by atomic mass is 16.5. The summed E-state index contributed by atoms with van der Waals surface area (Å²) in [6.45, 7) is 5.80. The number of nitrogens with zero attached hydrogens (tertiary/aromatic N) is 1. The van der Waals surface area contributed by atoms with E-state index in [-0.39, 0.29) is 5.56 Å². The highest BCUT2D eigenvalue weighted by Gasteiger charge is 2.14. The van der Waals surface area contributed by atoms with Crippen LogP contribution in [0.25, 0.3) is 11.0 Å². The van der Waals surface area contributed by atoms with Crippen molar-refractivity contribution >= 4 is 22.6 Å². The molecule has 106 valence electrons. The highest BCUT2D eigenvalue weighted by Crippen LogP contribution is 2.24. The molecule has 0 bridgehead atoms. The van der Waals surface area contributed by atoms with Gasteiger partial charge in [0.1, 0.15) is 5.58 Å². The van der Waals surface area contributed by atoms with E-state index < -0.39 is 11.6 Å². The summed E-state index contributed by atoms with van der Waals surface area (Å²) in [7, 11) is 1.28. The molecule has 5 heteroatoms. The molecule has 2 aromatic rings. The van der Waals surface area contributed by atoms with Crippen LogP contribution in [0.4, 0.5) is 5.69 Å². The Morgan fingerprint density at radius 2 is 1.95 bits per heavy atom. The van der Waals surface area contributed by atoms with Crippen molar-refractivity contribution in [1.82, 2.24) is 0 Å². The minimum Gasteiger partial charge on any atom is -0.465 e. The Bertz CT molecular complexity index is 686. The first-order chi connectivity index (χ1) is 9.60. The van der Waals surface area contributed by atoms with E-state index in [1.807, 2.05) is 6.07 Å². The molecule has 0 saturated carbocycles. The maximum atomic E-state index is 11.7. The number of hydrogen-bond acceptors (Lipinski definition) is 5. The molecule has 1 aromatic carbocycles. The van der Waals surface area contributed by atoms with Gasteiger partial charge in [-0.2, -0.15) is 0 Å². The second-order valence-corrected chi connectivity index (χ2v) is 4.32. The monoisotopic (exact) mass is 275 g/mol. The molecule has 0 radical (unpaired) electrons. The molecule has 0 aliphatic rings. The van der Waals surface area contributed by atoms with E-state index in [1.165, 1.54) is 7.11 Å². The van der Waals surface area contributed by atoms with Gasteiger partial charge in [0.15, 0.2) is 0 Å². The molecule has 0 fully saturated rings. The number of carbonyl (C=O) groups excluding carboxylic acids is 1. The van der Waals surface area contributed by atoms with Gasteiger partial charge in [-0.05, 0) is 26.0 Å². The standard InChI is InChI=1S/C15H17NO4/c1-4-16(5-2)10-6-7-11-12(15(18)19-3)9-14(17)20-13(11)8-10/h6-9H,4-5H2,1-3H3. The fourth-order valence-corrected chi connectivity index (χ4v) is 2.22. The van der Waals surface area contributed by atoms with Gasteiger partial charge in [-0.3, -0.25) is 0 Å². The average molecular weight is 275 g/mol. The number of rotatable bonds is 4. The summed E-state index contributed by atoms with van der Waals surface area (Å²) in [5, 5.41) is 0.576. The van der Waals surface area contributed by atoms with Gasteiger partial charge >= 0.3 is 11.6 Å². The predicted octanol–water partition coefficient (Wildman–Crippen LogP) is 2.43. The Balaban J connectivity index is 2.64. The van der Waals surface area contributed by atoms with Gasteiger partial charge in [-0.15, -0.1) is 0 Å². The van der Waals surface area contributed by atoms with Crippen LogP contribution in [-0.2, 0) is 4.74 Å². The van der Waals surface area contributed by atoms with Gasteiger partial charge < -0.3 is 14.1 Å². The summed E-state index contributed by atoms with van der Waals surface area (Å²) >= 11 is 0. The number of benzene rings is 1. The van der Waals surface area contributed by atoms with Crippen molar-refractivity contribution < 1.29 is 13.9 Å². The van der Waals surface area contributed by atoms with Crippen molar-refractivity contribution in [3.63, 3.8) is 0 Å². The summed E-state index contributed by atoms with van der Waals surface area (Å²) in [6, 6.07) is 6.61. The second kappa shape index (κ2) is 5.77. The molecule has 0 saturated heterocycles. The summed E-state index contributed by atoms with van der Waals surface area (Å²) in [4.78, 5) is 25.4. The smallest absolute Gasteiger partial charge is 0.338 e. The van der Waals surface area contributed by atoms with Crippen LogP contribution >= 0.6 is 0 Å². The molecule has 20 heavy (non-hydrogen) atoms. The van der Waals surface area contributed by atoms with Crippen molar-refractivity contribution in [2.45, 2.75) is 13.8 Å². The van der Waals surface area contributed by atoms with Crippen molar-refractivity contribution in [3.05, 3.63) is 40.2 Å². The molecule has 0 atom stereocenters. The first-order valence-electron chi connectivity index (χ1n) is 6.51. The third kappa shape index (κ3) is 2.52. The molecule has 2 rings (SSSR count). The normalized spacial score (nSPS) is 10.6. The number of carbonyl (C=O) groups is 1. The average Bonchev–Trinajstić information content (AvgIpc) is 2.46. The zero-order chi connectivity index (χ0) is 14.7. The van der Waals surface area contributed by atoms with Gasteiger partial charge in [0.25, 0.3) is 0 Å². The second-order valence-electron chi connectivity index (χ2n) is 4.32. The van der Waals surface area contributed by atoms with Crippen LogP contribution in [0.2, 0.25) is 0 Å². The first kappa shape index (κ1) is 14.1. The Hall–Kier alpha value is -2.30. The summed E-state index contributed by atoms with van der Waals surface area (Å²) in [6.07, 6.45) is 0. The van der Waals surface area contributed by atoms with Crippen LogP contribution in [0.5, 0.6) is 0 Å². The van der Waals surface area contributed by atoms with E-state index in [0.29, 0.717) is 11.0 Å². The van der Waals surface area contributed by atoms with Crippen LogP contribution in [-0.4, -0.2) is 26.2 Å². The summed E-state index contributed by atoms with van der Waals surface area (Å²) < 4.78 is 9.88. The molecular formula is C15H17NO4. The number of esters is 1. The minimum atomic E-state index is -0.561. The van der Waals surface area contributed by atoms with Crippen LogP contribution < -0.4 is 10.5 Å². The number of hydrogen-bond donors (Lipinski definition) is 0. The Morgan fingerprint density at radius 3 is 2.55 bits per heavy atom. The summed E-state index contributed by atoms with van der Waals surface area (Å²) in [5.41, 5.74) is 1.01. The minimum absolute atomic E-state index is 0.227. The van der Waals surface area contributed by atoms with Gasteiger partial charge in [-0.25, -0.2) is 9.59 Å². The lowest BCUT2D eigenvalue weighted by Crippen LogP contribution is -2.21. The Morgan fingerprint density at radius 1 is 1.25 bits per heavy atom. The third-order valence-electron chi connectivity index (χ3n) is 3.26. The van der Waals surface area contributed by atoms with Crippen molar-refractivity contribution in [3.8, 4) is 0 Å². The molecule has 0 aliphatic carbocycles. The third-order valence-corrected chi connectivity index (χ3v) is 3.26. The highest BCUT2D eigenvalue weighted by molar-refractivity contribution is 6.03. The number of fused-ring (bicyclic) bond motifs is 1. The largest absolute Gasteiger partial charge is 0.465 e. The van der Waals surface area contributed by atoms with Crippen molar-refractivity contribution in [2.24, 2.45) is 0 Å². The van der Waals surface area contributed by atoms with Crippen molar-refractivity contribution in [2.75, 3.05) is 25.1 Å². The van der Waals surface area contributed by atoms with E-state index in [0.717, 1.165) is 24.8 Å². The zero-order valence-corrected chi connectivity index (χ0v) is 11.8. The molecule has 1 aromatic heterocycles. The lowest BCUT2D eigenvalue weighted by molar-refractivity contribution is 0.0602. The maximum absolute atomic E-state index is 11.7. The molecule has 1 heterocycles. The molecular weight excluding hydrogens is 258 g/mol. The topological polar surface area (TPSA) is 59.8 Å². The van der Waals surface area contributed by atoms with Crippen molar-refractivity contribution in [1.29, 1.82) is 0 Å². The Kier molecular flexibility index (Phi) is 4.08. The molecule has 5 nitrogen and oxygen atoms in total. The molecule has 0 amide bonds. The fourth-order valence-electron chi connectivity index (χ4n) is 2.22. The molecule has 0 N–H and O–H groups in total. The maximum Gasteiger partial charge on any atom is 0.338 e. The lowest BCUT2D eigenvalue weighted by Gasteiger charge is -2.21. The predicted molar refractivity (Wildman–Crippen MR) is 77.4 cm³/mol. The molecule has 0 spiro atoms. The number of ether oxygens (including phenoxy) is 1. The van der Waals surface area contributed by atoms with Gasteiger partial charge in [0.2, 0.25) is 0 Å². The van der Waals surface area contributed by atoms with Crippen LogP contribution in [0.1, 0.15) is 24.2 Å². The fraction of sp³-hybridized carbons (Fsp3) is 0.333. The van der Waals surface area contributed by atoms with Crippen LogP contribution in [0.3, 0.4) is 0 Å². The molecule has 0 unspecified atom stereocenters. The van der Waals surface area contributed by atoms with E-state index in [4.69, 9.17) is 4.42 Å². The number of methoxy groups -OCH3 is 1. The zero-order valence-electron chi connectivity index (χ0n) is 11.8. The van der Waals surface area contributed by atoms with Gasteiger partial charge in [0, 0.05) is 36.3 Å². The molecule has 0 aliphatic heterocycles. The van der Waals surface area contributed by atoms with E-state index in [2.05, 4.69) is 23.5 Å². The SMILES string of the molecule is CCN(CC)c1ccc2c(C(=O)OC)cc(=O)oc2c1.